The number of ether oxygens (including phenoxy) is 3. The van der Waals surface area contributed by atoms with E-state index in [-0.39, 0.29) is 42.5 Å². The van der Waals surface area contributed by atoms with E-state index in [1.165, 1.54) is 81.4 Å². The third-order valence-electron chi connectivity index (χ3n) is 23.1. The first kappa shape index (κ1) is 83.6. The van der Waals surface area contributed by atoms with Crippen LogP contribution < -0.4 is 49.2 Å². The van der Waals surface area contributed by atoms with Crippen LogP contribution in [0.15, 0.2) is 192 Å². The Labute approximate surface area is 718 Å². The van der Waals surface area contributed by atoms with Gasteiger partial charge in [0.15, 0.2) is 31.3 Å². The molecule has 612 valence electrons. The Hall–Kier alpha value is -10.4. The number of benzene rings is 6. The van der Waals surface area contributed by atoms with Crippen molar-refractivity contribution in [1.82, 2.24) is 25.2 Å². The van der Waals surface area contributed by atoms with Gasteiger partial charge in [-0.15, -0.1) is 11.3 Å². The molecule has 5 unspecified atom stereocenters. The zero-order valence-corrected chi connectivity index (χ0v) is 71.6. The first-order valence-corrected chi connectivity index (χ1v) is 44.6. The summed E-state index contributed by atoms with van der Waals surface area (Å²) in [4.78, 5) is 94.5. The van der Waals surface area contributed by atoms with Gasteiger partial charge in [0.25, 0.3) is 17.4 Å². The van der Waals surface area contributed by atoms with E-state index in [4.69, 9.17) is 43.5 Å². The van der Waals surface area contributed by atoms with Crippen LogP contribution in [0.1, 0.15) is 183 Å². The topological polar surface area (TPSA) is 189 Å². The smallest absolute Gasteiger partial charge is 0.337 e. The highest BCUT2D eigenvalue weighted by atomic mass is 32.2. The monoisotopic (exact) mass is 1690 g/mol. The molecular weight excluding hydrogens is 1590 g/mol. The van der Waals surface area contributed by atoms with Crippen LogP contribution in [0, 0.1) is 0 Å². The number of amides is 3. The molecule has 2 aliphatic carbocycles. The molecule has 119 heavy (non-hydrogen) atoms. The number of carbonyl (C=O) groups is 5. The van der Waals surface area contributed by atoms with Gasteiger partial charge >= 0.3 is 11.9 Å². The number of unbranched alkanes of at least 4 members (excludes halogenated alkanes) is 7. The molecule has 2 N–H and O–H groups in total. The van der Waals surface area contributed by atoms with Crippen LogP contribution in [-0.4, -0.2) is 112 Å². The summed E-state index contributed by atoms with van der Waals surface area (Å²) in [6.07, 6.45) is 35.7. The van der Waals surface area contributed by atoms with E-state index in [1.54, 1.807) is 24.1 Å². The molecule has 6 aromatic carbocycles. The van der Waals surface area contributed by atoms with Gasteiger partial charge in [0, 0.05) is 91.3 Å². The van der Waals surface area contributed by atoms with Crippen LogP contribution in [0.25, 0.3) is 52.5 Å². The first-order chi connectivity index (χ1) is 58.0. The van der Waals surface area contributed by atoms with Gasteiger partial charge in [-0.05, 0) is 186 Å². The van der Waals surface area contributed by atoms with Gasteiger partial charge in [-0.3, -0.25) is 48.5 Å². The number of esters is 2. The average molecular weight is 1690 g/mol. The number of rotatable bonds is 34. The standard InChI is InChI=1S/C95H98N9O10S5/c1-5-112-87(106)23-12-10-8-6-7-9-11-13-55-113-75-18-14-17-67(57-75)27-26-66-32-40-74(41-33-66)104-80-21-15-19-76(80)78-58-68(34-42-82(78)104)60-84-90(108)102(92(117-84)88-91(109)98(3)94(115)119-88)62-86(105)97-63(2)100-51-46-71(47-52-100)70-44-49-99(50-45-70)53-48-96-114-56-54-101-89(107)85(118-95(101)116)61-69-35-43-83-79(59-69)77-20-16-22-81(77)103(83)73-38-30-65(31-39-73)25-24-64-28-36-72(37-29-64)93(110)111-4/h14,17-18,24-47,49-52,57-61,63,76-77,80-81,96H,5-13,15-16,19-23,48,53-56,62H2,1-4H3/q+1/p+1/b25-24+,27-26+,84-60+,85-61+,92-88+. The fraction of sp³-hybridized carbons (Fsp3) is 0.326. The van der Waals surface area contributed by atoms with Gasteiger partial charge in [0.1, 0.15) is 30.5 Å². The summed E-state index contributed by atoms with van der Waals surface area (Å²) < 4.78 is 23.1. The van der Waals surface area contributed by atoms with Gasteiger partial charge in [-0.2, -0.15) is 10.0 Å². The lowest BCUT2D eigenvalue weighted by Crippen LogP contribution is -2.49. The first-order valence-electron chi connectivity index (χ1n) is 41.4. The van der Waals surface area contributed by atoms with E-state index < -0.39 is 12.1 Å². The number of methoxy groups -OCH3 is 1. The van der Waals surface area contributed by atoms with Gasteiger partial charge in [0.05, 0.1) is 55.0 Å². The maximum Gasteiger partial charge on any atom is 0.337 e. The van der Waals surface area contributed by atoms with Crippen LogP contribution in [0.2, 0.25) is 0 Å². The highest BCUT2D eigenvalue weighted by Gasteiger charge is 2.44. The maximum absolute atomic E-state index is 14.7. The summed E-state index contributed by atoms with van der Waals surface area (Å²) in [5.41, 5.74) is 18.5. The minimum Gasteiger partial charge on any atom is -0.494 e. The Bertz CT molecular complexity index is 5560. The molecule has 4 aliphatic heterocycles. The number of pyridine rings is 2. The zero-order chi connectivity index (χ0) is 82.5. The SMILES string of the molecule is CCOC(=O)CCCCCCCCCCOc1cccc(/C=C/c2ccc(N3c4ccc(/C=c5/s/c(=C6/SC(=S)N(C)C6=O)n(CC(=O)NC(C)[n+]6ccc(-c7cc[n+](CCNOCCN8C(=O)/C(=C\c9ccc%10c(c9)C9CCCC9N%10c9ccc(/C=C/c%10ccc(C(=O)OC)cc%10)cc9)SC8=S)cc7)cc6)c5=O)cc4C4CCCC43)cc2)c1. The summed E-state index contributed by atoms with van der Waals surface area (Å²) in [6, 6.07) is 54.8. The van der Waals surface area contributed by atoms with Crippen LogP contribution in [0.5, 0.6) is 5.75 Å². The average Bonchev–Trinajstić information content (AvgIpc) is 1.59. The Kier molecular flexibility index (Phi) is 27.5. The summed E-state index contributed by atoms with van der Waals surface area (Å²) in [5, 5.41) is 3.08. The van der Waals surface area contributed by atoms with Crippen molar-refractivity contribution in [3.05, 3.63) is 257 Å². The van der Waals surface area contributed by atoms with Crippen molar-refractivity contribution in [2.45, 2.75) is 153 Å². The van der Waals surface area contributed by atoms with E-state index in [1.807, 2.05) is 110 Å². The number of hydroxylamine groups is 1. The van der Waals surface area contributed by atoms with Gasteiger partial charge < -0.3 is 24.0 Å². The fourth-order valence-electron chi connectivity index (χ4n) is 16.9. The summed E-state index contributed by atoms with van der Waals surface area (Å²) >= 11 is 15.0. The van der Waals surface area contributed by atoms with E-state index in [9.17, 15) is 28.8 Å². The fourth-order valence-corrected chi connectivity index (χ4v) is 20.7. The predicted octanol–water partition coefficient (Wildman–Crippen LogP) is 16.5. The normalized spacial score (nSPS) is 18.6. The number of fused-ring (bicyclic) bond motifs is 6. The Morgan fingerprint density at radius 1 is 0.613 bits per heavy atom. The molecule has 9 aromatic rings. The third kappa shape index (κ3) is 19.9. The van der Waals surface area contributed by atoms with Crippen molar-refractivity contribution < 1.29 is 52.2 Å². The van der Waals surface area contributed by atoms with Gasteiger partial charge in [0.2, 0.25) is 12.1 Å². The molecule has 0 spiro atoms. The molecular formula is C95H99N9O10S5+2. The Morgan fingerprint density at radius 2 is 1.18 bits per heavy atom. The number of thioether (sulfide) groups is 2. The molecule has 3 aromatic heterocycles. The van der Waals surface area contributed by atoms with E-state index in [0.717, 1.165) is 144 Å². The quantitative estimate of drug-likeness (QED) is 0.00736. The lowest BCUT2D eigenvalue weighted by atomic mass is 9.96. The number of nitrogens with one attached hydrogen (secondary N) is 2. The van der Waals surface area contributed by atoms with Crippen molar-refractivity contribution >= 4 is 162 Å². The second-order valence-electron chi connectivity index (χ2n) is 30.9. The van der Waals surface area contributed by atoms with Crippen LogP contribution in [-0.2, 0) is 46.6 Å². The highest BCUT2D eigenvalue weighted by molar-refractivity contribution is 8.30. The molecule has 19 nitrogen and oxygen atoms in total. The molecule has 3 amide bonds. The summed E-state index contributed by atoms with van der Waals surface area (Å²) in [6.45, 7) is 6.27. The van der Waals surface area contributed by atoms with Crippen molar-refractivity contribution in [2.75, 3.05) is 56.9 Å². The maximum atomic E-state index is 14.7. The second kappa shape index (κ2) is 39.2. The van der Waals surface area contributed by atoms with Crippen molar-refractivity contribution in [3.8, 4) is 16.9 Å². The van der Waals surface area contributed by atoms with Crippen molar-refractivity contribution in [3.63, 3.8) is 0 Å². The summed E-state index contributed by atoms with van der Waals surface area (Å²) in [5.74, 6) is 0.339. The van der Waals surface area contributed by atoms with Crippen molar-refractivity contribution in [1.29, 1.82) is 0 Å². The molecule has 0 radical (unpaired) electrons. The summed E-state index contributed by atoms with van der Waals surface area (Å²) in [7, 11) is 3.00. The largest absolute Gasteiger partial charge is 0.494 e. The van der Waals surface area contributed by atoms with Crippen LogP contribution >= 0.6 is 59.3 Å². The number of thiazole rings is 1. The number of hydrogen-bond donors (Lipinski definition) is 2. The van der Waals surface area contributed by atoms with Crippen LogP contribution in [0.4, 0.5) is 22.7 Å². The predicted molar refractivity (Wildman–Crippen MR) is 483 cm³/mol. The Balaban J connectivity index is 0.510. The van der Waals surface area contributed by atoms with Gasteiger partial charge in [-0.1, -0.05) is 184 Å². The molecule has 5 atom stereocenters. The minimum atomic E-state index is -0.482. The molecule has 2 saturated carbocycles. The van der Waals surface area contributed by atoms with Gasteiger partial charge in [-0.25, -0.2) is 9.36 Å². The minimum absolute atomic E-state index is 0.0882. The number of thiocarbonyl (C=S) groups is 2. The molecule has 15 rings (SSSR count). The molecule has 24 heteroatoms. The van der Waals surface area contributed by atoms with E-state index in [0.29, 0.717) is 96.4 Å². The number of nitrogens with zero attached hydrogens (tertiary/aromatic N) is 7. The number of aromatic nitrogens is 3. The molecule has 0 bridgehead atoms. The van der Waals surface area contributed by atoms with E-state index >= 15 is 0 Å². The lowest BCUT2D eigenvalue weighted by molar-refractivity contribution is -0.723. The number of carbonyl (C=O) groups excluding carboxylic acids is 5. The molecule has 4 fully saturated rings. The third-order valence-corrected chi connectivity index (χ3v) is 27.3. The number of hydrogen-bond acceptors (Lipinski definition) is 18. The molecule has 7 heterocycles. The number of anilines is 4. The Morgan fingerprint density at radius 3 is 1.78 bits per heavy atom. The van der Waals surface area contributed by atoms with Crippen molar-refractivity contribution in [2.24, 2.45) is 0 Å². The zero-order valence-electron chi connectivity index (χ0n) is 67.5. The lowest BCUT2D eigenvalue weighted by Gasteiger charge is -2.27. The molecule has 2 saturated heterocycles. The second-order valence-corrected chi connectivity index (χ2v) is 35.3. The molecule has 6 aliphatic rings. The highest BCUT2D eigenvalue weighted by Crippen LogP contribution is 2.54. The van der Waals surface area contributed by atoms with E-state index in [2.05, 4.69) is 140 Å². The van der Waals surface area contributed by atoms with Crippen LogP contribution in [0.3, 0.4) is 0 Å².